The van der Waals surface area contributed by atoms with Crippen molar-refractivity contribution in [1.29, 1.82) is 0 Å². The van der Waals surface area contributed by atoms with E-state index in [4.69, 9.17) is 33.9 Å². The molecule has 1 atom stereocenters. The highest BCUT2D eigenvalue weighted by molar-refractivity contribution is 8.13. The maximum atomic E-state index is 12.1. The number of benzene rings is 1. The monoisotopic (exact) mass is 369 g/mol. The topological polar surface area (TPSA) is 63.2 Å². The molecule has 1 saturated carbocycles. The molecule has 21 heavy (non-hydrogen) atoms. The van der Waals surface area contributed by atoms with Crippen LogP contribution < -0.4 is 5.32 Å². The van der Waals surface area contributed by atoms with Crippen molar-refractivity contribution in [3.8, 4) is 0 Å². The number of carbonyl (C=O) groups is 1. The van der Waals surface area contributed by atoms with Gasteiger partial charge in [0.1, 0.15) is 0 Å². The Labute approximate surface area is 138 Å². The zero-order valence-corrected chi connectivity index (χ0v) is 14.7. The number of rotatable bonds is 3. The Bertz CT molecular complexity index is 729. The number of hydrogen-bond acceptors (Lipinski definition) is 3. The molecule has 0 heterocycles. The fraction of sp³-hybridized carbons (Fsp3) is 0.462. The van der Waals surface area contributed by atoms with Crippen LogP contribution >= 0.6 is 33.9 Å². The lowest BCUT2D eigenvalue weighted by molar-refractivity contribution is -0.118. The van der Waals surface area contributed by atoms with Crippen LogP contribution in [-0.2, 0) is 13.8 Å². The smallest absolute Gasteiger partial charge is 0.261 e. The molecule has 1 fully saturated rings. The second-order valence-corrected chi connectivity index (χ2v) is 9.16. The molecule has 4 nitrogen and oxygen atoms in total. The molecule has 1 N–H and O–H groups in total. The zero-order valence-electron chi connectivity index (χ0n) is 11.6. The van der Waals surface area contributed by atoms with Crippen LogP contribution in [0.3, 0.4) is 0 Å². The van der Waals surface area contributed by atoms with E-state index >= 15 is 0 Å². The van der Waals surface area contributed by atoms with Crippen molar-refractivity contribution in [3.63, 3.8) is 0 Å². The van der Waals surface area contributed by atoms with Crippen molar-refractivity contribution in [2.75, 3.05) is 5.32 Å². The van der Waals surface area contributed by atoms with Crippen molar-refractivity contribution in [2.45, 2.75) is 32.1 Å². The second-order valence-electron chi connectivity index (χ2n) is 5.84. The summed E-state index contributed by atoms with van der Waals surface area (Å²) in [6.45, 7) is 5.49. The Morgan fingerprint density at radius 3 is 2.33 bits per heavy atom. The Morgan fingerprint density at radius 2 is 1.90 bits per heavy atom. The molecule has 1 unspecified atom stereocenters. The first-order chi connectivity index (χ1) is 9.45. The summed E-state index contributed by atoms with van der Waals surface area (Å²) in [6.07, 6.45) is 0.793. The third kappa shape index (κ3) is 3.31. The molecule has 8 heteroatoms. The minimum atomic E-state index is -3.96. The lowest BCUT2D eigenvalue weighted by atomic mass is 10.1. The van der Waals surface area contributed by atoms with Gasteiger partial charge in [-0.1, -0.05) is 37.0 Å². The van der Waals surface area contributed by atoms with Gasteiger partial charge in [-0.3, -0.25) is 4.79 Å². The van der Waals surface area contributed by atoms with Crippen molar-refractivity contribution < 1.29 is 13.2 Å². The molecule has 1 aliphatic carbocycles. The molecule has 0 radical (unpaired) electrons. The average Bonchev–Trinajstić information content (AvgIpc) is 2.97. The highest BCUT2D eigenvalue weighted by Gasteiger charge is 2.50. The van der Waals surface area contributed by atoms with Crippen LogP contribution in [0.1, 0.15) is 25.8 Å². The standard InChI is InChI=1S/C13H14Cl3NO3S/c1-6-9(21(16,19)20)4-8(14)11(10(6)15)17-12(18)7-5-13(7,2)3/h4,7H,5H2,1-3H3,(H,17,18). The summed E-state index contributed by atoms with van der Waals surface area (Å²) in [5, 5.41) is 2.79. The average molecular weight is 371 g/mol. The zero-order chi connectivity index (χ0) is 16.2. The summed E-state index contributed by atoms with van der Waals surface area (Å²) >= 11 is 12.2. The van der Waals surface area contributed by atoms with Crippen molar-refractivity contribution >= 4 is 54.5 Å². The molecule has 0 aliphatic heterocycles. The van der Waals surface area contributed by atoms with Crippen LogP contribution in [0.15, 0.2) is 11.0 Å². The van der Waals surface area contributed by atoms with E-state index in [1.807, 2.05) is 13.8 Å². The molecule has 1 aromatic rings. The summed E-state index contributed by atoms with van der Waals surface area (Å²) < 4.78 is 22.9. The number of anilines is 1. The van der Waals surface area contributed by atoms with E-state index in [0.29, 0.717) is 0 Å². The van der Waals surface area contributed by atoms with E-state index in [0.717, 1.165) is 6.42 Å². The molecule has 1 aromatic carbocycles. The Hall–Kier alpha value is -0.490. The lowest BCUT2D eigenvalue weighted by Crippen LogP contribution is -2.17. The number of amides is 1. The van der Waals surface area contributed by atoms with Gasteiger partial charge >= 0.3 is 0 Å². The highest BCUT2D eigenvalue weighted by Crippen LogP contribution is 2.52. The molecule has 0 bridgehead atoms. The SMILES string of the molecule is Cc1c(S(=O)(=O)Cl)cc(Cl)c(NC(=O)C2CC2(C)C)c1Cl. The molecule has 0 aromatic heterocycles. The van der Waals surface area contributed by atoms with Crippen molar-refractivity contribution in [1.82, 2.24) is 0 Å². The molecule has 116 valence electrons. The number of nitrogens with one attached hydrogen (secondary N) is 1. The summed E-state index contributed by atoms with van der Waals surface area (Å²) in [6, 6.07) is 1.19. The maximum absolute atomic E-state index is 12.1. The summed E-state index contributed by atoms with van der Waals surface area (Å²) in [7, 11) is 1.38. The quantitative estimate of drug-likeness (QED) is 0.810. The highest BCUT2D eigenvalue weighted by atomic mass is 35.7. The van der Waals surface area contributed by atoms with E-state index in [1.54, 1.807) is 0 Å². The predicted octanol–water partition coefficient (Wildman–Crippen LogP) is 4.21. The fourth-order valence-electron chi connectivity index (χ4n) is 2.19. The number of carbonyl (C=O) groups excluding carboxylic acids is 1. The Kier molecular flexibility index (Phi) is 4.26. The normalized spacial score (nSPS) is 20.2. The minimum Gasteiger partial charge on any atom is -0.323 e. The molecule has 2 rings (SSSR count). The van der Waals surface area contributed by atoms with Gasteiger partial charge in [0.25, 0.3) is 9.05 Å². The lowest BCUT2D eigenvalue weighted by Gasteiger charge is -2.14. The van der Waals surface area contributed by atoms with Crippen LogP contribution in [0, 0.1) is 18.3 Å². The van der Waals surface area contributed by atoms with Crippen LogP contribution in [0.4, 0.5) is 5.69 Å². The first kappa shape index (κ1) is 16.9. The Balaban J connectivity index is 2.38. The van der Waals surface area contributed by atoms with Gasteiger partial charge in [-0.05, 0) is 30.4 Å². The summed E-state index contributed by atoms with van der Waals surface area (Å²) in [4.78, 5) is 12.0. The van der Waals surface area contributed by atoms with Gasteiger partial charge in [-0.25, -0.2) is 8.42 Å². The largest absolute Gasteiger partial charge is 0.323 e. The van der Waals surface area contributed by atoms with Crippen molar-refractivity contribution in [2.24, 2.45) is 11.3 Å². The van der Waals surface area contributed by atoms with Gasteiger partial charge in [0.2, 0.25) is 5.91 Å². The van der Waals surface area contributed by atoms with Crippen LogP contribution in [0.2, 0.25) is 10.0 Å². The van der Waals surface area contributed by atoms with Gasteiger partial charge < -0.3 is 5.32 Å². The molecule has 1 aliphatic rings. The molecule has 0 saturated heterocycles. The van der Waals surface area contributed by atoms with E-state index in [1.165, 1.54) is 13.0 Å². The summed E-state index contributed by atoms with van der Waals surface area (Å²) in [5.41, 5.74) is 0.436. The number of halogens is 3. The van der Waals surface area contributed by atoms with Gasteiger partial charge in [-0.2, -0.15) is 0 Å². The molecular formula is C13H14Cl3NO3S. The number of hydrogen-bond donors (Lipinski definition) is 1. The van der Waals surface area contributed by atoms with E-state index < -0.39 is 9.05 Å². The predicted molar refractivity (Wildman–Crippen MR) is 84.8 cm³/mol. The molecular weight excluding hydrogens is 357 g/mol. The molecule has 1 amide bonds. The second kappa shape index (κ2) is 5.30. The van der Waals surface area contributed by atoms with E-state index in [-0.39, 0.29) is 43.4 Å². The molecule has 0 spiro atoms. The Morgan fingerprint density at radius 1 is 1.38 bits per heavy atom. The van der Waals surface area contributed by atoms with Gasteiger partial charge in [0.15, 0.2) is 0 Å². The van der Waals surface area contributed by atoms with Crippen LogP contribution in [0.25, 0.3) is 0 Å². The van der Waals surface area contributed by atoms with E-state index in [2.05, 4.69) is 5.32 Å². The van der Waals surface area contributed by atoms with Crippen molar-refractivity contribution in [3.05, 3.63) is 21.7 Å². The van der Waals surface area contributed by atoms with E-state index in [9.17, 15) is 13.2 Å². The third-order valence-corrected chi connectivity index (χ3v) is 5.97. The van der Waals surface area contributed by atoms with Gasteiger partial charge in [0.05, 0.1) is 20.6 Å². The summed E-state index contributed by atoms with van der Waals surface area (Å²) in [5.74, 6) is -0.272. The first-order valence-corrected chi connectivity index (χ1v) is 9.26. The maximum Gasteiger partial charge on any atom is 0.261 e. The minimum absolute atomic E-state index is 0.0303. The van der Waals surface area contributed by atoms with Crippen LogP contribution in [0.5, 0.6) is 0 Å². The first-order valence-electron chi connectivity index (χ1n) is 6.19. The van der Waals surface area contributed by atoms with Crippen LogP contribution in [-0.4, -0.2) is 14.3 Å². The fourth-order valence-corrected chi connectivity index (χ4v) is 4.07. The van der Waals surface area contributed by atoms with Gasteiger partial charge in [0, 0.05) is 16.6 Å². The van der Waals surface area contributed by atoms with Gasteiger partial charge in [-0.15, -0.1) is 0 Å². The third-order valence-electron chi connectivity index (χ3n) is 3.76.